The van der Waals surface area contributed by atoms with E-state index < -0.39 is 37.5 Å². The van der Waals surface area contributed by atoms with E-state index in [1.807, 2.05) is 0 Å². The van der Waals surface area contributed by atoms with Crippen LogP contribution in [-0.2, 0) is 24.1 Å². The molecule has 7 nitrogen and oxygen atoms in total. The highest BCUT2D eigenvalue weighted by Crippen LogP contribution is 2.38. The Morgan fingerprint density at radius 2 is 2.11 bits per heavy atom. The normalized spacial score (nSPS) is 16.3. The van der Waals surface area contributed by atoms with Gasteiger partial charge >= 0.3 is 6.18 Å². The summed E-state index contributed by atoms with van der Waals surface area (Å²) >= 11 is 6.03. The predicted molar refractivity (Wildman–Crippen MR) is 138 cm³/mol. The first-order valence-electron chi connectivity index (χ1n) is 11.5. The first kappa shape index (κ1) is 27.8. The molecule has 0 saturated heterocycles. The van der Waals surface area contributed by atoms with E-state index in [9.17, 15) is 18.0 Å². The van der Waals surface area contributed by atoms with Crippen molar-refractivity contribution >= 4 is 38.9 Å². The Hall–Kier alpha value is -2.76. The molecule has 1 aliphatic rings. The van der Waals surface area contributed by atoms with Gasteiger partial charge in [0.15, 0.2) is 5.84 Å². The van der Waals surface area contributed by atoms with Crippen molar-refractivity contribution in [3.05, 3.63) is 64.1 Å². The van der Waals surface area contributed by atoms with Gasteiger partial charge in [-0.25, -0.2) is 14.7 Å². The maximum absolute atomic E-state index is 13.3. The smallest absolute Gasteiger partial charge is 0.360 e. The highest BCUT2D eigenvalue weighted by atomic mass is 35.5. The first-order valence-corrected chi connectivity index (χ1v) is 15.0. The maximum atomic E-state index is 13.3. The highest BCUT2D eigenvalue weighted by molar-refractivity contribution is 6.55. The van der Waals surface area contributed by atoms with Gasteiger partial charge < -0.3 is 9.64 Å². The number of fused-ring (bicyclic) bond motifs is 1. The molecule has 1 amide bonds. The van der Waals surface area contributed by atoms with Crippen LogP contribution >= 0.6 is 11.6 Å². The average Bonchev–Trinajstić information content (AvgIpc) is 3.18. The molecule has 0 fully saturated rings. The largest absolute Gasteiger partial charge is 0.417 e. The summed E-state index contributed by atoms with van der Waals surface area (Å²) in [6, 6.07) is 3.81. The molecule has 36 heavy (non-hydrogen) atoms. The number of nitrogens with zero attached hydrogens (tertiary/aromatic N) is 5. The summed E-state index contributed by atoms with van der Waals surface area (Å²) in [6.07, 6.45) is -2.92. The number of carbonyl (C=O) groups excluding carboxylic acids is 1. The number of hydrogen-bond donors (Lipinski definition) is 0. The molecule has 3 rings (SSSR count). The maximum Gasteiger partial charge on any atom is 0.417 e. The lowest BCUT2D eigenvalue weighted by atomic mass is 9.97. The van der Waals surface area contributed by atoms with Gasteiger partial charge in [0.1, 0.15) is 12.4 Å². The molecule has 0 spiro atoms. The second-order valence-electron chi connectivity index (χ2n) is 8.81. The second-order valence-corrected chi connectivity index (χ2v) is 12.6. The van der Waals surface area contributed by atoms with E-state index in [0.29, 0.717) is 30.3 Å². The SMILES string of the molecule is C=CN=C(N=C)c1c2c(nn1COCC[SiH](C)C)C(C)N(C(=O)c1cccc(C(F)(F)F)c1Cl)CC2. The van der Waals surface area contributed by atoms with Gasteiger partial charge in [0.2, 0.25) is 0 Å². The summed E-state index contributed by atoms with van der Waals surface area (Å²) in [5, 5.41) is 4.08. The standard InChI is InChI=1S/C24H29ClF3N5O2Si/c1-6-30-22(29-3)21-17-10-11-32(15(2)20(17)31-33(21)14-35-12-13-36(4)5)23(34)16-8-7-9-18(19(16)25)24(26,27)28/h6-9,15,36H,1,3,10-14H2,2,4-5H3. The zero-order valence-electron chi connectivity index (χ0n) is 20.5. The van der Waals surface area contributed by atoms with Gasteiger partial charge in [0, 0.05) is 33.7 Å². The Kier molecular flexibility index (Phi) is 8.91. The molecule has 12 heteroatoms. The molecule has 0 N–H and O–H groups in total. The average molecular weight is 540 g/mol. The number of amidine groups is 1. The van der Waals surface area contributed by atoms with Crippen LogP contribution in [0.1, 0.15) is 45.8 Å². The van der Waals surface area contributed by atoms with E-state index in [0.717, 1.165) is 17.7 Å². The summed E-state index contributed by atoms with van der Waals surface area (Å²) in [5.41, 5.74) is 0.796. The molecule has 2 aromatic rings. The van der Waals surface area contributed by atoms with Crippen molar-refractivity contribution in [2.45, 2.75) is 51.4 Å². The second kappa shape index (κ2) is 11.5. The molecule has 1 aliphatic heterocycles. The number of carbonyl (C=O) groups is 1. The molecule has 194 valence electrons. The highest BCUT2D eigenvalue weighted by Gasteiger charge is 2.38. The number of ether oxygens (including phenoxy) is 1. The first-order chi connectivity index (χ1) is 17.0. The Balaban J connectivity index is 1.97. The van der Waals surface area contributed by atoms with Crippen LogP contribution in [0.3, 0.4) is 0 Å². The van der Waals surface area contributed by atoms with E-state index in [-0.39, 0.29) is 18.8 Å². The lowest BCUT2D eigenvalue weighted by molar-refractivity contribution is -0.137. The number of amides is 1. The van der Waals surface area contributed by atoms with E-state index in [2.05, 4.69) is 36.4 Å². The molecule has 1 aromatic carbocycles. The van der Waals surface area contributed by atoms with Crippen LogP contribution in [-0.4, -0.2) is 55.1 Å². The van der Waals surface area contributed by atoms with Crippen molar-refractivity contribution in [1.29, 1.82) is 0 Å². The molecular weight excluding hydrogens is 511 g/mol. The molecule has 0 bridgehead atoms. The lowest BCUT2D eigenvalue weighted by Gasteiger charge is -2.33. The van der Waals surface area contributed by atoms with Gasteiger partial charge in [-0.2, -0.15) is 18.3 Å². The number of aliphatic imine (C=N–C) groups is 2. The van der Waals surface area contributed by atoms with Gasteiger partial charge in [-0.05, 0) is 38.2 Å². The van der Waals surface area contributed by atoms with Crippen LogP contribution < -0.4 is 0 Å². The fraction of sp³-hybridized carbons (Fsp3) is 0.417. The van der Waals surface area contributed by atoms with Gasteiger partial charge in [-0.1, -0.05) is 37.3 Å². The number of rotatable bonds is 8. The summed E-state index contributed by atoms with van der Waals surface area (Å²) in [4.78, 5) is 23.1. The zero-order chi connectivity index (χ0) is 26.6. The molecule has 2 heterocycles. The van der Waals surface area contributed by atoms with Gasteiger partial charge in [0.05, 0.1) is 27.9 Å². The van der Waals surface area contributed by atoms with Gasteiger partial charge in [-0.15, -0.1) is 0 Å². The van der Waals surface area contributed by atoms with Crippen molar-refractivity contribution < 1.29 is 22.7 Å². The van der Waals surface area contributed by atoms with E-state index in [1.165, 1.54) is 23.2 Å². The zero-order valence-corrected chi connectivity index (χ0v) is 22.4. The molecule has 0 aliphatic carbocycles. The molecule has 1 atom stereocenters. The monoisotopic (exact) mass is 539 g/mol. The predicted octanol–water partition coefficient (Wildman–Crippen LogP) is 5.37. The quantitative estimate of drug-likeness (QED) is 0.196. The van der Waals surface area contributed by atoms with Crippen molar-refractivity contribution in [3.63, 3.8) is 0 Å². The Morgan fingerprint density at radius 3 is 2.72 bits per heavy atom. The van der Waals surface area contributed by atoms with Crippen LogP contribution in [0.15, 0.2) is 41.0 Å². The molecule has 1 unspecified atom stereocenters. The third-order valence-electron chi connectivity index (χ3n) is 5.97. The Morgan fingerprint density at radius 1 is 1.39 bits per heavy atom. The van der Waals surface area contributed by atoms with Crippen molar-refractivity contribution in [2.75, 3.05) is 13.2 Å². The van der Waals surface area contributed by atoms with Crippen LogP contribution in [0.25, 0.3) is 0 Å². The van der Waals surface area contributed by atoms with E-state index in [4.69, 9.17) is 21.4 Å². The fourth-order valence-corrected chi connectivity index (χ4v) is 5.05. The van der Waals surface area contributed by atoms with E-state index >= 15 is 0 Å². The molecule has 0 saturated carbocycles. The van der Waals surface area contributed by atoms with Gasteiger partial charge in [-0.3, -0.25) is 4.79 Å². The molecule has 1 aromatic heterocycles. The number of halogens is 4. The number of aromatic nitrogens is 2. The molecular formula is C24H29ClF3N5O2Si. The summed E-state index contributed by atoms with van der Waals surface area (Å²) < 4.78 is 47.5. The summed E-state index contributed by atoms with van der Waals surface area (Å²) in [7, 11) is -0.777. The Labute approximate surface area is 214 Å². The van der Waals surface area contributed by atoms with Crippen molar-refractivity contribution in [2.24, 2.45) is 9.98 Å². The van der Waals surface area contributed by atoms with Gasteiger partial charge in [0.25, 0.3) is 5.91 Å². The topological polar surface area (TPSA) is 72.1 Å². The minimum Gasteiger partial charge on any atom is -0.360 e. The van der Waals surface area contributed by atoms with Crippen LogP contribution in [0.2, 0.25) is 24.2 Å². The van der Waals surface area contributed by atoms with Crippen LogP contribution in [0.5, 0.6) is 0 Å². The van der Waals surface area contributed by atoms with Crippen LogP contribution in [0.4, 0.5) is 13.2 Å². The number of alkyl halides is 3. The minimum atomic E-state index is -4.67. The van der Waals surface area contributed by atoms with Crippen molar-refractivity contribution in [1.82, 2.24) is 14.7 Å². The molecule has 0 radical (unpaired) electrons. The van der Waals surface area contributed by atoms with E-state index in [1.54, 1.807) is 11.6 Å². The van der Waals surface area contributed by atoms with Crippen LogP contribution in [0, 0.1) is 0 Å². The summed E-state index contributed by atoms with van der Waals surface area (Å²) in [5.74, 6) is -0.270. The minimum absolute atomic E-state index is 0.162. The fourth-order valence-electron chi connectivity index (χ4n) is 4.10. The number of hydrogen-bond acceptors (Lipinski definition) is 4. The third-order valence-corrected chi connectivity index (χ3v) is 7.77. The lowest BCUT2D eigenvalue weighted by Crippen LogP contribution is -2.39. The van der Waals surface area contributed by atoms with Crippen molar-refractivity contribution in [3.8, 4) is 0 Å². The number of benzene rings is 1. The third kappa shape index (κ3) is 5.79. The Bertz CT molecular complexity index is 1180. The summed E-state index contributed by atoms with van der Waals surface area (Å²) in [6.45, 7) is 14.5.